The molecule has 4 aromatic rings. The summed E-state index contributed by atoms with van der Waals surface area (Å²) in [4.78, 5) is 12.8. The predicted octanol–water partition coefficient (Wildman–Crippen LogP) is 5.92. The van der Waals surface area contributed by atoms with Crippen LogP contribution in [0.5, 0.6) is 11.5 Å². The van der Waals surface area contributed by atoms with E-state index in [-0.39, 0.29) is 10.6 Å². The second kappa shape index (κ2) is 12.5. The van der Waals surface area contributed by atoms with E-state index in [0.717, 1.165) is 9.87 Å². The summed E-state index contributed by atoms with van der Waals surface area (Å²) < 4.78 is 44.6. The molecule has 0 saturated carbocycles. The number of hydrazone groups is 1. The maximum Gasteiger partial charge on any atom is 0.264 e. The Labute approximate surface area is 242 Å². The number of aryl methyl sites for hydroxylation is 1. The summed E-state index contributed by atoms with van der Waals surface area (Å²) in [6.07, 6.45) is 1.30. The van der Waals surface area contributed by atoms with Crippen molar-refractivity contribution in [1.29, 1.82) is 0 Å². The van der Waals surface area contributed by atoms with Gasteiger partial charge in [-0.05, 0) is 61.5 Å². The van der Waals surface area contributed by atoms with Crippen LogP contribution in [0.4, 0.5) is 5.69 Å². The fourth-order valence-corrected chi connectivity index (χ4v) is 5.66. The average Bonchev–Trinajstić information content (AvgIpc) is 3.40. The topological polar surface area (TPSA) is 110 Å². The van der Waals surface area contributed by atoms with Crippen LogP contribution < -0.4 is 19.2 Å². The summed E-state index contributed by atoms with van der Waals surface area (Å²) in [6.45, 7) is 1.33. The number of rotatable bonds is 10. The minimum atomic E-state index is -4.19. The van der Waals surface area contributed by atoms with Gasteiger partial charge in [0, 0.05) is 16.7 Å². The van der Waals surface area contributed by atoms with Crippen LogP contribution in [-0.2, 0) is 14.8 Å². The zero-order chi connectivity index (χ0) is 28.9. The molecule has 0 saturated heterocycles. The van der Waals surface area contributed by atoms with Crippen molar-refractivity contribution in [2.75, 3.05) is 25.1 Å². The Morgan fingerprint density at radius 2 is 1.70 bits per heavy atom. The molecule has 9 nitrogen and oxygen atoms in total. The zero-order valence-corrected chi connectivity index (χ0v) is 24.0. The van der Waals surface area contributed by atoms with Crippen LogP contribution in [0.15, 0.2) is 87.2 Å². The Kier molecular flexibility index (Phi) is 9.03. The number of hydrogen-bond donors (Lipinski definition) is 1. The molecule has 0 radical (unpaired) electrons. The number of carbonyl (C=O) groups excluding carboxylic acids is 1. The lowest BCUT2D eigenvalue weighted by Crippen LogP contribution is -2.39. The molecule has 0 fully saturated rings. The van der Waals surface area contributed by atoms with Gasteiger partial charge in [-0.15, -0.1) is 0 Å². The molecule has 0 spiro atoms. The zero-order valence-electron chi connectivity index (χ0n) is 21.7. The summed E-state index contributed by atoms with van der Waals surface area (Å²) in [5.41, 5.74) is 4.22. The number of anilines is 1. The van der Waals surface area contributed by atoms with Crippen LogP contribution in [-0.4, -0.2) is 41.3 Å². The van der Waals surface area contributed by atoms with Gasteiger partial charge in [0.25, 0.3) is 15.9 Å². The van der Waals surface area contributed by atoms with Crippen LogP contribution in [0.2, 0.25) is 10.0 Å². The van der Waals surface area contributed by atoms with Gasteiger partial charge in [-0.25, -0.2) is 13.8 Å². The third kappa shape index (κ3) is 6.59. The largest absolute Gasteiger partial charge is 0.493 e. The first-order valence-corrected chi connectivity index (χ1v) is 14.0. The van der Waals surface area contributed by atoms with Gasteiger partial charge in [0.15, 0.2) is 11.5 Å². The van der Waals surface area contributed by atoms with E-state index in [1.807, 2.05) is 6.92 Å². The normalized spacial score (nSPS) is 11.4. The standard InChI is InChI=1S/C28H25Cl2N3O6S/c1-18-4-7-20(8-5-18)33(40(35,36)22-10-13-26(37-2)27(15-22)38-3)17-28(34)32-31-16-21-9-12-25(39-21)23-11-6-19(29)14-24(23)30/h4-16H,17H2,1-3H3,(H,32,34)/b31-16-. The minimum Gasteiger partial charge on any atom is -0.493 e. The van der Waals surface area contributed by atoms with E-state index >= 15 is 0 Å². The molecule has 0 atom stereocenters. The van der Waals surface area contributed by atoms with Crippen molar-refractivity contribution in [1.82, 2.24) is 5.43 Å². The maximum atomic E-state index is 13.7. The van der Waals surface area contributed by atoms with Crippen molar-refractivity contribution < 1.29 is 27.1 Å². The van der Waals surface area contributed by atoms with Crippen molar-refractivity contribution in [3.8, 4) is 22.8 Å². The number of carbonyl (C=O) groups is 1. The van der Waals surface area contributed by atoms with Crippen molar-refractivity contribution in [2.24, 2.45) is 5.10 Å². The number of ether oxygens (including phenoxy) is 2. The number of benzene rings is 3. The smallest absolute Gasteiger partial charge is 0.264 e. The molecule has 1 N–H and O–H groups in total. The van der Waals surface area contributed by atoms with Gasteiger partial charge in [-0.1, -0.05) is 40.9 Å². The monoisotopic (exact) mass is 601 g/mol. The summed E-state index contributed by atoms with van der Waals surface area (Å²) in [7, 11) is -1.33. The van der Waals surface area contributed by atoms with Crippen molar-refractivity contribution in [3.05, 3.63) is 94.2 Å². The molecule has 12 heteroatoms. The summed E-state index contributed by atoms with van der Waals surface area (Å²) >= 11 is 12.2. The van der Waals surface area contributed by atoms with E-state index in [0.29, 0.717) is 38.6 Å². The molecule has 208 valence electrons. The minimum absolute atomic E-state index is 0.0778. The molecular formula is C28H25Cl2N3O6S. The van der Waals surface area contributed by atoms with Gasteiger partial charge in [0.2, 0.25) is 0 Å². The number of methoxy groups -OCH3 is 2. The number of furan rings is 1. The van der Waals surface area contributed by atoms with Gasteiger partial charge in [0.05, 0.1) is 36.0 Å². The van der Waals surface area contributed by atoms with Crippen LogP contribution >= 0.6 is 23.2 Å². The lowest BCUT2D eigenvalue weighted by Gasteiger charge is -2.24. The first-order chi connectivity index (χ1) is 19.1. The number of amides is 1. The second-order valence-electron chi connectivity index (χ2n) is 8.48. The number of nitrogens with zero attached hydrogens (tertiary/aromatic N) is 2. The molecule has 0 aliphatic rings. The lowest BCUT2D eigenvalue weighted by atomic mass is 10.2. The highest BCUT2D eigenvalue weighted by Gasteiger charge is 2.28. The van der Waals surface area contributed by atoms with Crippen LogP contribution in [0, 0.1) is 6.92 Å². The molecule has 0 unspecified atom stereocenters. The Hall–Kier alpha value is -3.99. The van der Waals surface area contributed by atoms with Gasteiger partial charge >= 0.3 is 0 Å². The predicted molar refractivity (Wildman–Crippen MR) is 155 cm³/mol. The molecule has 0 bridgehead atoms. The second-order valence-corrected chi connectivity index (χ2v) is 11.2. The molecule has 1 amide bonds. The van der Waals surface area contributed by atoms with Gasteiger partial charge in [-0.2, -0.15) is 5.10 Å². The molecule has 3 aromatic carbocycles. The maximum absolute atomic E-state index is 13.7. The van der Waals surface area contributed by atoms with Crippen LogP contribution in [0.25, 0.3) is 11.3 Å². The fraction of sp³-hybridized carbons (Fsp3) is 0.143. The Morgan fingerprint density at radius 3 is 2.38 bits per heavy atom. The third-order valence-electron chi connectivity index (χ3n) is 5.76. The van der Waals surface area contributed by atoms with Crippen molar-refractivity contribution in [2.45, 2.75) is 11.8 Å². The highest BCUT2D eigenvalue weighted by Crippen LogP contribution is 2.33. The van der Waals surface area contributed by atoms with E-state index in [4.69, 9.17) is 37.1 Å². The molecule has 1 heterocycles. The average molecular weight is 602 g/mol. The van der Waals surface area contributed by atoms with Gasteiger partial charge in [-0.3, -0.25) is 9.10 Å². The summed E-state index contributed by atoms with van der Waals surface area (Å²) in [5.74, 6) is 0.762. The van der Waals surface area contributed by atoms with E-state index in [2.05, 4.69) is 10.5 Å². The highest BCUT2D eigenvalue weighted by atomic mass is 35.5. The molecule has 0 aliphatic carbocycles. The van der Waals surface area contributed by atoms with Gasteiger partial charge < -0.3 is 13.9 Å². The third-order valence-corrected chi connectivity index (χ3v) is 8.07. The SMILES string of the molecule is COc1ccc(S(=O)(=O)N(CC(=O)N/N=C\c2ccc(-c3ccc(Cl)cc3Cl)o2)c2ccc(C)cc2)cc1OC. The first kappa shape index (κ1) is 29.0. The molecular weight excluding hydrogens is 577 g/mol. The van der Waals surface area contributed by atoms with Crippen molar-refractivity contribution in [3.63, 3.8) is 0 Å². The number of hydrogen-bond acceptors (Lipinski definition) is 7. The lowest BCUT2D eigenvalue weighted by molar-refractivity contribution is -0.119. The molecule has 40 heavy (non-hydrogen) atoms. The number of halogens is 2. The number of sulfonamides is 1. The first-order valence-electron chi connectivity index (χ1n) is 11.8. The Balaban J connectivity index is 1.54. The van der Waals surface area contributed by atoms with E-state index in [1.165, 1.54) is 38.6 Å². The summed E-state index contributed by atoms with van der Waals surface area (Å²) in [5, 5.41) is 4.84. The Bertz CT molecular complexity index is 1650. The van der Waals surface area contributed by atoms with E-state index < -0.39 is 22.5 Å². The Morgan fingerprint density at radius 1 is 0.975 bits per heavy atom. The summed E-state index contributed by atoms with van der Waals surface area (Å²) in [6, 6.07) is 19.3. The fourth-order valence-electron chi connectivity index (χ4n) is 3.72. The highest BCUT2D eigenvalue weighted by molar-refractivity contribution is 7.92. The van der Waals surface area contributed by atoms with E-state index in [1.54, 1.807) is 54.6 Å². The van der Waals surface area contributed by atoms with Crippen molar-refractivity contribution >= 4 is 51.0 Å². The molecule has 4 rings (SSSR count). The molecule has 0 aliphatic heterocycles. The van der Waals surface area contributed by atoms with Gasteiger partial charge in [0.1, 0.15) is 18.1 Å². The quantitative estimate of drug-likeness (QED) is 0.178. The van der Waals surface area contributed by atoms with E-state index in [9.17, 15) is 13.2 Å². The molecule has 1 aromatic heterocycles. The number of nitrogens with one attached hydrogen (secondary N) is 1. The van der Waals surface area contributed by atoms with Crippen LogP contribution in [0.1, 0.15) is 11.3 Å². The van der Waals surface area contributed by atoms with Crippen LogP contribution in [0.3, 0.4) is 0 Å².